The molecule has 104 valence electrons. The van der Waals surface area contributed by atoms with Crippen molar-refractivity contribution in [1.29, 1.82) is 0 Å². The number of ether oxygens (including phenoxy) is 1. The second-order valence-electron chi connectivity index (χ2n) is 4.43. The topological polar surface area (TPSA) is 81.4 Å². The summed E-state index contributed by atoms with van der Waals surface area (Å²) < 4.78 is 32.0. The van der Waals surface area contributed by atoms with Gasteiger partial charge in [-0.2, -0.15) is 0 Å². The summed E-state index contributed by atoms with van der Waals surface area (Å²) in [4.78, 5) is 0.162. The van der Waals surface area contributed by atoms with Gasteiger partial charge < -0.3 is 10.5 Å². The Morgan fingerprint density at radius 2 is 2.21 bits per heavy atom. The zero-order valence-corrected chi connectivity index (χ0v) is 12.0. The molecule has 3 N–H and O–H groups in total. The summed E-state index contributed by atoms with van der Waals surface area (Å²) >= 11 is 4.90. The molecule has 0 amide bonds. The van der Waals surface area contributed by atoms with E-state index in [2.05, 4.69) is 4.72 Å². The monoisotopic (exact) mass is 300 g/mol. The van der Waals surface area contributed by atoms with Crippen LogP contribution in [-0.4, -0.2) is 31.9 Å². The van der Waals surface area contributed by atoms with Gasteiger partial charge in [-0.05, 0) is 25.0 Å². The number of anilines is 1. The molecule has 1 saturated heterocycles. The minimum absolute atomic E-state index is 0.0430. The fourth-order valence-electron chi connectivity index (χ4n) is 2.02. The van der Waals surface area contributed by atoms with Gasteiger partial charge in [-0.15, -0.1) is 0 Å². The number of nitrogens with one attached hydrogen (secondary N) is 1. The molecule has 0 saturated carbocycles. The molecule has 1 aliphatic heterocycles. The third-order valence-electron chi connectivity index (χ3n) is 2.89. The van der Waals surface area contributed by atoms with E-state index >= 15 is 0 Å². The third kappa shape index (κ3) is 3.89. The van der Waals surface area contributed by atoms with Gasteiger partial charge in [0.2, 0.25) is 10.0 Å². The average Bonchev–Trinajstić information content (AvgIpc) is 2.80. The first-order chi connectivity index (χ1) is 8.98. The molecule has 1 aromatic carbocycles. The molecule has 5 nitrogen and oxygen atoms in total. The summed E-state index contributed by atoms with van der Waals surface area (Å²) in [5.41, 5.74) is 6.50. The maximum atomic E-state index is 12.1. The van der Waals surface area contributed by atoms with Crippen LogP contribution >= 0.6 is 12.2 Å². The van der Waals surface area contributed by atoms with E-state index in [4.69, 9.17) is 22.7 Å². The van der Waals surface area contributed by atoms with Crippen LogP contribution < -0.4 is 10.5 Å². The number of hydrogen-bond acceptors (Lipinski definition) is 4. The second kappa shape index (κ2) is 5.85. The first-order valence-electron chi connectivity index (χ1n) is 5.99. The zero-order valence-electron chi connectivity index (χ0n) is 10.3. The predicted molar refractivity (Wildman–Crippen MR) is 78.7 cm³/mol. The van der Waals surface area contributed by atoms with Crippen LogP contribution in [0.5, 0.6) is 0 Å². The highest BCUT2D eigenvalue weighted by Crippen LogP contribution is 2.19. The van der Waals surface area contributed by atoms with Crippen LogP contribution in [0.15, 0.2) is 24.3 Å². The Labute approximate surface area is 118 Å². The Bertz CT molecular complexity index is 566. The quantitative estimate of drug-likeness (QED) is 0.800. The molecule has 0 spiro atoms. The Hall–Kier alpha value is -1.18. The zero-order chi connectivity index (χ0) is 13.9. The van der Waals surface area contributed by atoms with Crippen LogP contribution in [0.4, 0.5) is 5.69 Å². The van der Waals surface area contributed by atoms with E-state index in [0.29, 0.717) is 17.9 Å². The highest BCUT2D eigenvalue weighted by Gasteiger charge is 2.23. The van der Waals surface area contributed by atoms with E-state index in [1.165, 1.54) is 0 Å². The van der Waals surface area contributed by atoms with Gasteiger partial charge in [0.05, 0.1) is 17.5 Å². The molecule has 1 fully saturated rings. The molecule has 0 aromatic heterocycles. The van der Waals surface area contributed by atoms with Gasteiger partial charge in [-0.1, -0.05) is 24.4 Å². The number of nitrogens with two attached hydrogens (primary N) is 1. The molecule has 1 aliphatic rings. The number of thiocarbonyl (C=S) groups is 1. The van der Waals surface area contributed by atoms with E-state index in [-0.39, 0.29) is 16.8 Å². The molecular formula is C12H16N2O3S2. The minimum Gasteiger partial charge on any atom is -0.389 e. The van der Waals surface area contributed by atoms with Gasteiger partial charge in [0.1, 0.15) is 4.99 Å². The SMILES string of the molecule is NC(=S)c1ccccc1NS(=O)(=O)CC1CCCO1. The molecule has 1 unspecified atom stereocenters. The van der Waals surface area contributed by atoms with E-state index in [1.807, 2.05) is 0 Å². The largest absolute Gasteiger partial charge is 0.389 e. The van der Waals surface area contributed by atoms with Crippen molar-refractivity contribution < 1.29 is 13.2 Å². The predicted octanol–water partition coefficient (Wildman–Crippen LogP) is 1.24. The van der Waals surface area contributed by atoms with Crippen molar-refractivity contribution in [3.05, 3.63) is 29.8 Å². The molecule has 1 aromatic rings. The molecule has 1 atom stereocenters. The van der Waals surface area contributed by atoms with Crippen LogP contribution in [0.2, 0.25) is 0 Å². The van der Waals surface area contributed by atoms with Crippen molar-refractivity contribution >= 4 is 32.9 Å². The van der Waals surface area contributed by atoms with Gasteiger partial charge in [-0.25, -0.2) is 8.42 Å². The van der Waals surface area contributed by atoms with Gasteiger partial charge in [0, 0.05) is 12.2 Å². The summed E-state index contributed by atoms with van der Waals surface area (Å²) in [6.07, 6.45) is 1.45. The van der Waals surface area contributed by atoms with Crippen LogP contribution in [0.3, 0.4) is 0 Å². The van der Waals surface area contributed by atoms with Gasteiger partial charge in [0.25, 0.3) is 0 Å². The number of rotatable bonds is 5. The first kappa shape index (κ1) is 14.2. The summed E-state index contributed by atoms with van der Waals surface area (Å²) in [5, 5.41) is 0. The average molecular weight is 300 g/mol. The highest BCUT2D eigenvalue weighted by atomic mass is 32.2. The summed E-state index contributed by atoms with van der Waals surface area (Å²) in [6, 6.07) is 6.81. The fourth-order valence-corrected chi connectivity index (χ4v) is 3.54. The normalized spacial score (nSPS) is 19.3. The highest BCUT2D eigenvalue weighted by molar-refractivity contribution is 7.92. The molecule has 19 heavy (non-hydrogen) atoms. The molecule has 0 aliphatic carbocycles. The van der Waals surface area contributed by atoms with E-state index < -0.39 is 10.0 Å². The van der Waals surface area contributed by atoms with E-state index in [1.54, 1.807) is 24.3 Å². The van der Waals surface area contributed by atoms with Crippen molar-refractivity contribution in [3.8, 4) is 0 Å². The van der Waals surface area contributed by atoms with Crippen molar-refractivity contribution in [2.45, 2.75) is 18.9 Å². The minimum atomic E-state index is -3.46. The lowest BCUT2D eigenvalue weighted by Crippen LogP contribution is -2.26. The van der Waals surface area contributed by atoms with Crippen molar-refractivity contribution in [2.24, 2.45) is 5.73 Å². The smallest absolute Gasteiger partial charge is 0.235 e. The summed E-state index contributed by atoms with van der Waals surface area (Å²) in [5.74, 6) is -0.0430. The first-order valence-corrected chi connectivity index (χ1v) is 8.05. The molecule has 2 rings (SSSR count). The van der Waals surface area contributed by atoms with Gasteiger partial charge in [-0.3, -0.25) is 4.72 Å². The van der Waals surface area contributed by atoms with Crippen LogP contribution in [0.1, 0.15) is 18.4 Å². The summed E-state index contributed by atoms with van der Waals surface area (Å²) in [7, 11) is -3.46. The molecule has 0 bridgehead atoms. The van der Waals surface area contributed by atoms with Gasteiger partial charge >= 0.3 is 0 Å². The second-order valence-corrected chi connectivity index (χ2v) is 6.64. The molecule has 1 heterocycles. The Kier molecular flexibility index (Phi) is 4.38. The van der Waals surface area contributed by atoms with Gasteiger partial charge in [0.15, 0.2) is 0 Å². The Morgan fingerprint density at radius 3 is 2.84 bits per heavy atom. The summed E-state index contributed by atoms with van der Waals surface area (Å²) in [6.45, 7) is 0.629. The third-order valence-corrected chi connectivity index (χ3v) is 4.45. The molecule has 7 heteroatoms. The van der Waals surface area contributed by atoms with E-state index in [0.717, 1.165) is 12.8 Å². The fraction of sp³-hybridized carbons (Fsp3) is 0.417. The number of hydrogen-bond donors (Lipinski definition) is 2. The Morgan fingerprint density at radius 1 is 1.47 bits per heavy atom. The van der Waals surface area contributed by atoms with Crippen molar-refractivity contribution in [3.63, 3.8) is 0 Å². The van der Waals surface area contributed by atoms with Crippen LogP contribution in [0.25, 0.3) is 0 Å². The maximum absolute atomic E-state index is 12.1. The van der Waals surface area contributed by atoms with Crippen molar-refractivity contribution in [1.82, 2.24) is 0 Å². The number of sulfonamides is 1. The van der Waals surface area contributed by atoms with Crippen LogP contribution in [0, 0.1) is 0 Å². The Balaban J connectivity index is 2.13. The van der Waals surface area contributed by atoms with E-state index in [9.17, 15) is 8.42 Å². The maximum Gasteiger partial charge on any atom is 0.235 e. The van der Waals surface area contributed by atoms with Crippen LogP contribution in [-0.2, 0) is 14.8 Å². The number of benzene rings is 1. The lowest BCUT2D eigenvalue weighted by Gasteiger charge is -2.14. The number of para-hydroxylation sites is 1. The molecular weight excluding hydrogens is 284 g/mol. The van der Waals surface area contributed by atoms with Crippen molar-refractivity contribution in [2.75, 3.05) is 17.1 Å². The lowest BCUT2D eigenvalue weighted by atomic mass is 10.2. The lowest BCUT2D eigenvalue weighted by molar-refractivity contribution is 0.127. The molecule has 0 radical (unpaired) electrons. The standard InChI is InChI=1S/C12H16N2O3S2/c13-12(18)10-5-1-2-6-11(10)14-19(15,16)8-9-4-3-7-17-9/h1-2,5-6,9,14H,3-4,7-8H2,(H2,13,18).